The Hall–Kier alpha value is -2.53. The Bertz CT molecular complexity index is 867. The van der Waals surface area contributed by atoms with Gasteiger partial charge in [0.1, 0.15) is 5.75 Å². The van der Waals surface area contributed by atoms with Crippen molar-refractivity contribution in [2.45, 2.75) is 25.8 Å². The molecule has 1 saturated heterocycles. The highest BCUT2D eigenvalue weighted by Gasteiger charge is 2.18. The smallest absolute Gasteiger partial charge is 0.138 e. The minimum absolute atomic E-state index is 0.387. The van der Waals surface area contributed by atoms with Crippen molar-refractivity contribution in [1.29, 1.82) is 0 Å². The van der Waals surface area contributed by atoms with Gasteiger partial charge in [-0.3, -0.25) is 4.90 Å². The number of phenols is 1. The molecule has 5 heteroatoms. The maximum atomic E-state index is 10.0. The van der Waals surface area contributed by atoms with Crippen LogP contribution >= 0.6 is 0 Å². The summed E-state index contributed by atoms with van der Waals surface area (Å²) in [6.07, 6.45) is 5.64. The lowest BCUT2D eigenvalue weighted by Crippen LogP contribution is -2.46. The number of piperazine rings is 1. The van der Waals surface area contributed by atoms with Crippen LogP contribution in [0.2, 0.25) is 0 Å². The lowest BCUT2D eigenvalue weighted by molar-refractivity contribution is 0.251. The molecule has 5 nitrogen and oxygen atoms in total. The molecule has 1 aliphatic rings. The van der Waals surface area contributed by atoms with Crippen LogP contribution < -0.4 is 4.90 Å². The van der Waals surface area contributed by atoms with E-state index < -0.39 is 0 Å². The first-order valence-corrected chi connectivity index (χ1v) is 9.96. The molecule has 27 heavy (non-hydrogen) atoms. The quantitative estimate of drug-likeness (QED) is 0.649. The number of hydrogen-bond acceptors (Lipinski definition) is 4. The van der Waals surface area contributed by atoms with Crippen molar-refractivity contribution in [3.05, 3.63) is 54.9 Å². The lowest BCUT2D eigenvalue weighted by atomic mass is 10.2. The number of anilines is 1. The van der Waals surface area contributed by atoms with E-state index >= 15 is 0 Å². The number of para-hydroxylation sites is 4. The fourth-order valence-electron chi connectivity index (χ4n) is 3.93. The zero-order valence-electron chi connectivity index (χ0n) is 15.8. The monoisotopic (exact) mass is 364 g/mol. The molecule has 1 aromatic heterocycles. The van der Waals surface area contributed by atoms with E-state index in [0.717, 1.165) is 43.9 Å². The fourth-order valence-corrected chi connectivity index (χ4v) is 3.93. The summed E-state index contributed by atoms with van der Waals surface area (Å²) in [6, 6.07) is 16.0. The van der Waals surface area contributed by atoms with Gasteiger partial charge in [-0.2, -0.15) is 0 Å². The van der Waals surface area contributed by atoms with Crippen LogP contribution in [-0.4, -0.2) is 52.3 Å². The largest absolute Gasteiger partial charge is 0.506 e. The second kappa shape index (κ2) is 8.44. The van der Waals surface area contributed by atoms with E-state index in [-0.39, 0.29) is 0 Å². The second-order valence-corrected chi connectivity index (χ2v) is 7.30. The third kappa shape index (κ3) is 4.25. The Labute approximate surface area is 160 Å². The van der Waals surface area contributed by atoms with Gasteiger partial charge in [-0.25, -0.2) is 4.98 Å². The molecule has 142 valence electrons. The number of hydrogen-bond donors (Lipinski definition) is 1. The molecule has 3 aromatic rings. The van der Waals surface area contributed by atoms with Crippen molar-refractivity contribution >= 4 is 16.7 Å². The van der Waals surface area contributed by atoms with Gasteiger partial charge in [-0.1, -0.05) is 30.7 Å². The highest BCUT2D eigenvalue weighted by Crippen LogP contribution is 2.27. The predicted octanol–water partition coefficient (Wildman–Crippen LogP) is 3.73. The van der Waals surface area contributed by atoms with Gasteiger partial charge in [-0.15, -0.1) is 0 Å². The van der Waals surface area contributed by atoms with Crippen LogP contribution in [0.1, 0.15) is 19.3 Å². The molecule has 1 N–H and O–H groups in total. The van der Waals surface area contributed by atoms with Crippen LogP contribution in [0.3, 0.4) is 0 Å². The van der Waals surface area contributed by atoms with E-state index in [1.165, 1.54) is 31.3 Å². The number of rotatable bonds is 7. The summed E-state index contributed by atoms with van der Waals surface area (Å²) in [5.74, 6) is 0.387. The van der Waals surface area contributed by atoms with E-state index in [9.17, 15) is 5.11 Å². The van der Waals surface area contributed by atoms with Gasteiger partial charge in [0.25, 0.3) is 0 Å². The van der Waals surface area contributed by atoms with Gasteiger partial charge in [0.2, 0.25) is 0 Å². The first-order valence-electron chi connectivity index (χ1n) is 9.96. The maximum absolute atomic E-state index is 10.0. The Morgan fingerprint density at radius 2 is 1.56 bits per heavy atom. The van der Waals surface area contributed by atoms with Gasteiger partial charge in [0, 0.05) is 32.7 Å². The van der Waals surface area contributed by atoms with E-state index in [1.54, 1.807) is 6.07 Å². The van der Waals surface area contributed by atoms with Gasteiger partial charge >= 0.3 is 0 Å². The van der Waals surface area contributed by atoms with E-state index in [0.29, 0.717) is 5.75 Å². The third-order valence-corrected chi connectivity index (χ3v) is 5.50. The molecular weight excluding hydrogens is 336 g/mol. The number of fused-ring (bicyclic) bond motifs is 1. The molecule has 0 unspecified atom stereocenters. The molecule has 2 heterocycles. The van der Waals surface area contributed by atoms with Crippen molar-refractivity contribution in [2.75, 3.05) is 37.6 Å². The maximum Gasteiger partial charge on any atom is 0.138 e. The Balaban J connectivity index is 1.16. The van der Waals surface area contributed by atoms with Crippen LogP contribution in [0.5, 0.6) is 5.75 Å². The minimum atomic E-state index is 0.387. The highest BCUT2D eigenvalue weighted by molar-refractivity contribution is 5.74. The van der Waals surface area contributed by atoms with Crippen molar-refractivity contribution in [2.24, 2.45) is 0 Å². The number of benzene rings is 2. The molecule has 2 aromatic carbocycles. The molecule has 0 saturated carbocycles. The van der Waals surface area contributed by atoms with Crippen LogP contribution in [0, 0.1) is 0 Å². The minimum Gasteiger partial charge on any atom is -0.506 e. The Morgan fingerprint density at radius 1 is 0.815 bits per heavy atom. The van der Waals surface area contributed by atoms with Crippen LogP contribution in [0.4, 0.5) is 5.69 Å². The van der Waals surface area contributed by atoms with E-state index in [1.807, 2.05) is 30.6 Å². The average Bonchev–Trinajstić information content (AvgIpc) is 3.12. The number of aryl methyl sites for hydroxylation is 1. The standard InChI is InChI=1S/C22H28N4O/c27-22-11-5-4-10-21(22)25-16-14-24(15-17-25)12-6-1-7-13-26-18-23-19-8-2-3-9-20(19)26/h2-5,8-11,18,27H,1,6-7,12-17H2. The molecule has 1 aliphatic heterocycles. The molecule has 1 fully saturated rings. The molecule has 0 amide bonds. The van der Waals surface area contributed by atoms with Gasteiger partial charge in [0.05, 0.1) is 23.0 Å². The van der Waals surface area contributed by atoms with Gasteiger partial charge in [0.15, 0.2) is 0 Å². The predicted molar refractivity (Wildman–Crippen MR) is 110 cm³/mol. The summed E-state index contributed by atoms with van der Waals surface area (Å²) in [7, 11) is 0. The van der Waals surface area contributed by atoms with Gasteiger partial charge in [-0.05, 0) is 43.7 Å². The first kappa shape index (κ1) is 17.9. The van der Waals surface area contributed by atoms with Crippen LogP contribution in [0.15, 0.2) is 54.9 Å². The first-order chi connectivity index (χ1) is 13.3. The van der Waals surface area contributed by atoms with Crippen LogP contribution in [0.25, 0.3) is 11.0 Å². The molecule has 0 spiro atoms. The van der Waals surface area contributed by atoms with E-state index in [2.05, 4.69) is 37.5 Å². The van der Waals surface area contributed by atoms with Crippen molar-refractivity contribution in [1.82, 2.24) is 14.5 Å². The number of aromatic hydroxyl groups is 1. The zero-order valence-corrected chi connectivity index (χ0v) is 15.8. The molecule has 0 atom stereocenters. The molecule has 0 radical (unpaired) electrons. The van der Waals surface area contributed by atoms with Crippen molar-refractivity contribution < 1.29 is 5.11 Å². The lowest BCUT2D eigenvalue weighted by Gasteiger charge is -2.36. The number of phenolic OH excluding ortho intramolecular Hbond substituents is 1. The summed E-state index contributed by atoms with van der Waals surface area (Å²) in [5.41, 5.74) is 3.28. The summed E-state index contributed by atoms with van der Waals surface area (Å²) >= 11 is 0. The SMILES string of the molecule is Oc1ccccc1N1CCN(CCCCCn2cnc3ccccc32)CC1. The number of aromatic nitrogens is 2. The highest BCUT2D eigenvalue weighted by atomic mass is 16.3. The number of unbranched alkanes of at least 4 members (excludes halogenated alkanes) is 2. The Kier molecular flexibility index (Phi) is 5.58. The summed E-state index contributed by atoms with van der Waals surface area (Å²) in [5, 5.41) is 10.0. The normalized spacial score (nSPS) is 15.5. The number of nitrogens with zero attached hydrogens (tertiary/aromatic N) is 4. The zero-order chi connectivity index (χ0) is 18.5. The number of imidazole rings is 1. The summed E-state index contributed by atoms with van der Waals surface area (Å²) < 4.78 is 2.26. The van der Waals surface area contributed by atoms with Crippen molar-refractivity contribution in [3.63, 3.8) is 0 Å². The summed E-state index contributed by atoms with van der Waals surface area (Å²) in [4.78, 5) is 9.29. The molecular formula is C22H28N4O. The van der Waals surface area contributed by atoms with E-state index in [4.69, 9.17) is 0 Å². The van der Waals surface area contributed by atoms with Crippen molar-refractivity contribution in [3.8, 4) is 5.75 Å². The summed E-state index contributed by atoms with van der Waals surface area (Å²) in [6.45, 7) is 6.32. The topological polar surface area (TPSA) is 44.5 Å². The van der Waals surface area contributed by atoms with Crippen LogP contribution in [-0.2, 0) is 6.54 Å². The Morgan fingerprint density at radius 3 is 2.41 bits per heavy atom. The molecule has 0 aliphatic carbocycles. The van der Waals surface area contributed by atoms with Gasteiger partial charge < -0.3 is 14.6 Å². The average molecular weight is 364 g/mol. The molecule has 0 bridgehead atoms. The fraction of sp³-hybridized carbons (Fsp3) is 0.409. The molecule has 4 rings (SSSR count). The second-order valence-electron chi connectivity index (χ2n) is 7.30. The third-order valence-electron chi connectivity index (χ3n) is 5.50.